The number of carbonyl (C=O) groups excluding carboxylic acids is 1. The van der Waals surface area contributed by atoms with E-state index in [2.05, 4.69) is 0 Å². The van der Waals surface area contributed by atoms with Gasteiger partial charge in [0.25, 0.3) is 5.91 Å². The van der Waals surface area contributed by atoms with Crippen LogP contribution in [-0.4, -0.2) is 30.7 Å². The van der Waals surface area contributed by atoms with Gasteiger partial charge in [0.15, 0.2) is 0 Å². The topological polar surface area (TPSA) is 55.6 Å². The van der Waals surface area contributed by atoms with Crippen LogP contribution in [0.1, 0.15) is 0 Å². The summed E-state index contributed by atoms with van der Waals surface area (Å²) in [6.45, 7) is 0.315. The van der Waals surface area contributed by atoms with Crippen molar-refractivity contribution >= 4 is 18.3 Å². The first-order chi connectivity index (χ1) is 3.72. The molecule has 0 aromatic rings. The van der Waals surface area contributed by atoms with E-state index in [0.717, 1.165) is 5.06 Å². The number of hydroxylamine groups is 2. The van der Waals surface area contributed by atoms with Crippen LogP contribution < -0.4 is 5.73 Å². The summed E-state index contributed by atoms with van der Waals surface area (Å²) in [5.41, 5.74) is 5.25. The fourth-order valence-electron chi connectivity index (χ4n) is 0.561. The highest BCUT2D eigenvalue weighted by Crippen LogP contribution is 2.00. The van der Waals surface area contributed by atoms with Gasteiger partial charge in [0, 0.05) is 7.05 Å². The lowest BCUT2D eigenvalue weighted by Gasteiger charge is -2.03. The van der Waals surface area contributed by atoms with Crippen LogP contribution in [0.25, 0.3) is 0 Å². The zero-order valence-corrected chi connectivity index (χ0v) is 5.85. The molecule has 1 fully saturated rings. The maximum absolute atomic E-state index is 10.6. The van der Waals surface area contributed by atoms with Gasteiger partial charge in [-0.25, -0.2) is 5.06 Å². The molecule has 1 aliphatic heterocycles. The minimum absolute atomic E-state index is 0. The Morgan fingerprint density at radius 2 is 2.44 bits per heavy atom. The lowest BCUT2D eigenvalue weighted by molar-refractivity contribution is -0.154. The Labute approximate surface area is 59.3 Å². The number of carbonyl (C=O) groups is 1. The Morgan fingerprint density at radius 3 is 2.56 bits per heavy atom. The van der Waals surface area contributed by atoms with Gasteiger partial charge in [-0.2, -0.15) is 0 Å². The molecular formula is C4H9ClN2O2. The van der Waals surface area contributed by atoms with Crippen molar-refractivity contribution in [2.75, 3.05) is 13.7 Å². The highest BCUT2D eigenvalue weighted by molar-refractivity contribution is 5.85. The highest BCUT2D eigenvalue weighted by atomic mass is 35.5. The summed E-state index contributed by atoms with van der Waals surface area (Å²) >= 11 is 0. The van der Waals surface area contributed by atoms with Gasteiger partial charge < -0.3 is 5.73 Å². The Balaban J connectivity index is 0.000000640. The van der Waals surface area contributed by atoms with Gasteiger partial charge in [0.05, 0.1) is 6.61 Å². The second kappa shape index (κ2) is 3.00. The molecule has 0 aromatic carbocycles. The number of halogens is 1. The first kappa shape index (κ1) is 8.68. The van der Waals surface area contributed by atoms with Crippen LogP contribution in [-0.2, 0) is 9.63 Å². The first-order valence-electron chi connectivity index (χ1n) is 2.38. The van der Waals surface area contributed by atoms with E-state index in [-0.39, 0.29) is 18.3 Å². The summed E-state index contributed by atoms with van der Waals surface area (Å²) in [6, 6.07) is -0.444. The molecule has 0 spiro atoms. The normalized spacial score (nSPS) is 26.2. The van der Waals surface area contributed by atoms with Gasteiger partial charge in [0.1, 0.15) is 6.04 Å². The third-order valence-corrected chi connectivity index (χ3v) is 1.08. The minimum Gasteiger partial charge on any atom is -0.318 e. The predicted octanol–water partition coefficient (Wildman–Crippen LogP) is -0.861. The summed E-state index contributed by atoms with van der Waals surface area (Å²) in [6.07, 6.45) is 0. The van der Waals surface area contributed by atoms with E-state index < -0.39 is 6.04 Å². The van der Waals surface area contributed by atoms with E-state index in [4.69, 9.17) is 10.6 Å². The molecule has 0 saturated carbocycles. The quantitative estimate of drug-likeness (QED) is 0.492. The summed E-state index contributed by atoms with van der Waals surface area (Å²) in [5.74, 6) is -0.148. The Bertz CT molecular complexity index is 107. The van der Waals surface area contributed by atoms with Gasteiger partial charge in [0.2, 0.25) is 0 Å². The molecule has 0 aliphatic carbocycles. The molecule has 1 heterocycles. The number of amides is 1. The summed E-state index contributed by atoms with van der Waals surface area (Å²) in [5, 5.41) is 1.16. The van der Waals surface area contributed by atoms with E-state index in [9.17, 15) is 4.79 Å². The number of hydrogen-bond donors (Lipinski definition) is 1. The lowest BCUT2D eigenvalue weighted by Crippen LogP contribution is -2.32. The maximum Gasteiger partial charge on any atom is 0.265 e. The van der Waals surface area contributed by atoms with Gasteiger partial charge in [-0.3, -0.25) is 9.63 Å². The molecule has 1 aliphatic rings. The van der Waals surface area contributed by atoms with Crippen LogP contribution in [0.15, 0.2) is 0 Å². The molecular weight excluding hydrogens is 144 g/mol. The predicted molar refractivity (Wildman–Crippen MR) is 33.9 cm³/mol. The van der Waals surface area contributed by atoms with Crippen LogP contribution in [0.5, 0.6) is 0 Å². The molecule has 1 atom stereocenters. The second-order valence-electron chi connectivity index (χ2n) is 1.74. The van der Waals surface area contributed by atoms with Crippen molar-refractivity contribution in [3.8, 4) is 0 Å². The third kappa shape index (κ3) is 1.54. The van der Waals surface area contributed by atoms with Crippen LogP contribution >= 0.6 is 12.4 Å². The van der Waals surface area contributed by atoms with Crippen LogP contribution in [0.4, 0.5) is 0 Å². The maximum atomic E-state index is 10.6. The lowest BCUT2D eigenvalue weighted by atomic mass is 10.3. The monoisotopic (exact) mass is 152 g/mol. The van der Waals surface area contributed by atoms with Crippen molar-refractivity contribution in [3.05, 3.63) is 0 Å². The Hall–Kier alpha value is -0.320. The fourth-order valence-corrected chi connectivity index (χ4v) is 0.561. The van der Waals surface area contributed by atoms with E-state index in [1.807, 2.05) is 0 Å². The van der Waals surface area contributed by atoms with E-state index in [1.54, 1.807) is 7.05 Å². The number of nitrogens with two attached hydrogens (primary N) is 1. The Morgan fingerprint density at radius 1 is 1.89 bits per heavy atom. The molecule has 1 rings (SSSR count). The average Bonchev–Trinajstić information content (AvgIpc) is 1.98. The molecule has 1 amide bonds. The second-order valence-corrected chi connectivity index (χ2v) is 1.74. The molecule has 9 heavy (non-hydrogen) atoms. The SMILES string of the molecule is CN1OC[C@H](N)C1=O.Cl. The molecule has 54 valence electrons. The van der Waals surface area contributed by atoms with E-state index in [1.165, 1.54) is 0 Å². The summed E-state index contributed by atoms with van der Waals surface area (Å²) in [7, 11) is 1.55. The zero-order valence-electron chi connectivity index (χ0n) is 5.03. The van der Waals surface area contributed by atoms with Gasteiger partial charge in [-0.1, -0.05) is 0 Å². The Kier molecular flexibility index (Phi) is 2.90. The molecule has 5 heteroatoms. The molecule has 0 unspecified atom stereocenters. The van der Waals surface area contributed by atoms with Crippen LogP contribution in [0, 0.1) is 0 Å². The molecule has 0 aromatic heterocycles. The summed E-state index contributed by atoms with van der Waals surface area (Å²) < 4.78 is 0. The number of hydrogen-bond acceptors (Lipinski definition) is 3. The van der Waals surface area contributed by atoms with Crippen molar-refractivity contribution in [2.24, 2.45) is 5.73 Å². The minimum atomic E-state index is -0.444. The van der Waals surface area contributed by atoms with Crippen molar-refractivity contribution in [3.63, 3.8) is 0 Å². The van der Waals surface area contributed by atoms with Crippen molar-refractivity contribution < 1.29 is 9.63 Å². The molecule has 0 radical (unpaired) electrons. The third-order valence-electron chi connectivity index (χ3n) is 1.08. The largest absolute Gasteiger partial charge is 0.318 e. The van der Waals surface area contributed by atoms with Crippen LogP contribution in [0.3, 0.4) is 0 Å². The smallest absolute Gasteiger partial charge is 0.265 e. The highest BCUT2D eigenvalue weighted by Gasteiger charge is 2.26. The van der Waals surface area contributed by atoms with Crippen molar-refractivity contribution in [1.29, 1.82) is 0 Å². The van der Waals surface area contributed by atoms with E-state index >= 15 is 0 Å². The van der Waals surface area contributed by atoms with Crippen LogP contribution in [0.2, 0.25) is 0 Å². The number of rotatable bonds is 0. The zero-order chi connectivity index (χ0) is 6.15. The van der Waals surface area contributed by atoms with Gasteiger partial charge in [-0.05, 0) is 0 Å². The van der Waals surface area contributed by atoms with E-state index in [0.29, 0.717) is 6.61 Å². The van der Waals surface area contributed by atoms with Gasteiger partial charge >= 0.3 is 0 Å². The first-order valence-corrected chi connectivity index (χ1v) is 2.38. The fraction of sp³-hybridized carbons (Fsp3) is 0.750. The average molecular weight is 153 g/mol. The standard InChI is InChI=1S/C4H8N2O2.ClH/c1-6-4(7)3(5)2-8-6;/h3H,2,5H2,1H3;1H/t3-;/m0./s1. The molecule has 4 nitrogen and oxygen atoms in total. The molecule has 2 N–H and O–H groups in total. The summed E-state index contributed by atoms with van der Waals surface area (Å²) in [4.78, 5) is 15.3. The van der Waals surface area contributed by atoms with Crippen molar-refractivity contribution in [2.45, 2.75) is 6.04 Å². The molecule has 1 saturated heterocycles. The number of likely N-dealkylation sites (N-methyl/N-ethyl adjacent to an activating group) is 1. The number of nitrogens with zero attached hydrogens (tertiary/aromatic N) is 1. The van der Waals surface area contributed by atoms with Crippen molar-refractivity contribution in [1.82, 2.24) is 5.06 Å². The van der Waals surface area contributed by atoms with Gasteiger partial charge in [-0.15, -0.1) is 12.4 Å². The molecule has 0 bridgehead atoms.